The average molecular weight is 397 g/mol. The Hall–Kier alpha value is -3.32. The van der Waals surface area contributed by atoms with Crippen molar-refractivity contribution in [3.8, 4) is 5.75 Å². The molecule has 29 heavy (non-hydrogen) atoms. The van der Waals surface area contributed by atoms with E-state index in [4.69, 9.17) is 13.9 Å². The number of carboxylic acid groups (broad SMARTS) is 1. The largest absolute Gasteiger partial charge is 0.497 e. The van der Waals surface area contributed by atoms with Crippen LogP contribution >= 0.6 is 0 Å². The van der Waals surface area contributed by atoms with E-state index in [1.807, 2.05) is 24.3 Å². The molecule has 0 saturated heterocycles. The monoisotopic (exact) mass is 397 g/mol. The highest BCUT2D eigenvalue weighted by Gasteiger charge is 2.23. The quantitative estimate of drug-likeness (QED) is 0.574. The predicted octanol–water partition coefficient (Wildman–Crippen LogP) is 3.40. The van der Waals surface area contributed by atoms with Crippen molar-refractivity contribution in [3.63, 3.8) is 0 Å². The Morgan fingerprint density at radius 1 is 1.10 bits per heavy atom. The van der Waals surface area contributed by atoms with Crippen LogP contribution in [0.3, 0.4) is 0 Å². The van der Waals surface area contributed by atoms with Gasteiger partial charge in [0.05, 0.1) is 20.3 Å². The van der Waals surface area contributed by atoms with E-state index in [1.54, 1.807) is 31.4 Å². The van der Waals surface area contributed by atoms with Gasteiger partial charge in [0.25, 0.3) is 5.91 Å². The maximum Gasteiger partial charge on any atom is 0.328 e. The molecule has 152 valence electrons. The number of aliphatic carboxylic acids is 1. The van der Waals surface area contributed by atoms with Crippen molar-refractivity contribution >= 4 is 22.8 Å². The van der Waals surface area contributed by atoms with E-state index >= 15 is 0 Å². The summed E-state index contributed by atoms with van der Waals surface area (Å²) < 4.78 is 16.1. The molecule has 0 aliphatic carbocycles. The number of carbonyl (C=O) groups excluding carboxylic acids is 1. The second-order valence-corrected chi connectivity index (χ2v) is 6.56. The summed E-state index contributed by atoms with van der Waals surface area (Å²) in [5.41, 5.74) is 2.66. The first-order valence-electron chi connectivity index (χ1n) is 9.27. The summed E-state index contributed by atoms with van der Waals surface area (Å²) in [4.78, 5) is 23.9. The molecule has 0 bridgehead atoms. The number of methoxy groups -OCH3 is 1. The lowest BCUT2D eigenvalue weighted by molar-refractivity contribution is -0.141. The van der Waals surface area contributed by atoms with Gasteiger partial charge < -0.3 is 24.3 Å². The van der Waals surface area contributed by atoms with Crippen LogP contribution in [0, 0.1) is 0 Å². The molecule has 3 aromatic rings. The Labute approximate surface area is 168 Å². The highest BCUT2D eigenvalue weighted by Crippen LogP contribution is 2.24. The van der Waals surface area contributed by atoms with Crippen LogP contribution in [0.4, 0.5) is 0 Å². The lowest BCUT2D eigenvalue weighted by Gasteiger charge is -2.14. The molecule has 0 fully saturated rings. The topological polar surface area (TPSA) is 98.0 Å². The molecule has 1 amide bonds. The lowest BCUT2D eigenvalue weighted by Crippen LogP contribution is -2.43. The second kappa shape index (κ2) is 9.25. The Morgan fingerprint density at radius 2 is 1.83 bits per heavy atom. The number of aryl methyl sites for hydroxylation is 1. The van der Waals surface area contributed by atoms with Gasteiger partial charge in [0.15, 0.2) is 11.8 Å². The normalized spacial score (nSPS) is 11.9. The van der Waals surface area contributed by atoms with Gasteiger partial charge in [-0.3, -0.25) is 4.79 Å². The summed E-state index contributed by atoms with van der Waals surface area (Å²) in [5.74, 6) is -1.15. The molecule has 0 radical (unpaired) electrons. The number of rotatable bonds is 9. The SMILES string of the molecule is CCc1ccc(COCC(NC(=O)c2cc3cc(OC)ccc3o2)C(=O)O)cc1. The number of hydrogen-bond donors (Lipinski definition) is 2. The van der Waals surface area contributed by atoms with Crippen LogP contribution in [-0.2, 0) is 22.6 Å². The predicted molar refractivity (Wildman–Crippen MR) is 107 cm³/mol. The average Bonchev–Trinajstić information content (AvgIpc) is 3.16. The molecule has 1 atom stereocenters. The number of ether oxygens (including phenoxy) is 2. The maximum atomic E-state index is 12.4. The summed E-state index contributed by atoms with van der Waals surface area (Å²) >= 11 is 0. The Balaban J connectivity index is 1.60. The Kier molecular flexibility index (Phi) is 6.51. The number of amides is 1. The smallest absolute Gasteiger partial charge is 0.328 e. The minimum atomic E-state index is -1.19. The number of fused-ring (bicyclic) bond motifs is 1. The van der Waals surface area contributed by atoms with Gasteiger partial charge in [-0.2, -0.15) is 0 Å². The zero-order valence-corrected chi connectivity index (χ0v) is 16.3. The number of benzene rings is 2. The molecule has 7 nitrogen and oxygen atoms in total. The van der Waals surface area contributed by atoms with Crippen molar-refractivity contribution < 1.29 is 28.6 Å². The van der Waals surface area contributed by atoms with Crippen molar-refractivity contribution in [2.45, 2.75) is 26.0 Å². The van der Waals surface area contributed by atoms with E-state index in [1.165, 1.54) is 5.56 Å². The highest BCUT2D eigenvalue weighted by molar-refractivity contribution is 5.98. The van der Waals surface area contributed by atoms with E-state index < -0.39 is 17.9 Å². The standard InChI is InChI=1S/C22H23NO6/c1-3-14-4-6-15(7-5-14)12-28-13-18(22(25)26)23-21(24)20-11-16-10-17(27-2)8-9-19(16)29-20/h4-11,18H,3,12-13H2,1-2H3,(H,23,24)(H,25,26). The minimum Gasteiger partial charge on any atom is -0.497 e. The van der Waals surface area contributed by atoms with Gasteiger partial charge in [-0.25, -0.2) is 4.79 Å². The van der Waals surface area contributed by atoms with Gasteiger partial charge >= 0.3 is 5.97 Å². The van der Waals surface area contributed by atoms with Gasteiger partial charge in [0.1, 0.15) is 11.3 Å². The highest BCUT2D eigenvalue weighted by atomic mass is 16.5. The molecule has 0 spiro atoms. The lowest BCUT2D eigenvalue weighted by atomic mass is 10.1. The third-order valence-corrected chi connectivity index (χ3v) is 4.54. The maximum absolute atomic E-state index is 12.4. The van der Waals surface area contributed by atoms with Crippen molar-refractivity contribution in [2.75, 3.05) is 13.7 Å². The van der Waals surface area contributed by atoms with Crippen LogP contribution in [0.5, 0.6) is 5.75 Å². The van der Waals surface area contributed by atoms with Crippen molar-refractivity contribution in [3.05, 3.63) is 65.4 Å². The fourth-order valence-electron chi connectivity index (χ4n) is 2.83. The fourth-order valence-corrected chi connectivity index (χ4v) is 2.83. The Bertz CT molecular complexity index is 992. The van der Waals surface area contributed by atoms with Crippen LogP contribution < -0.4 is 10.1 Å². The summed E-state index contributed by atoms with van der Waals surface area (Å²) in [6.07, 6.45) is 0.947. The van der Waals surface area contributed by atoms with E-state index in [9.17, 15) is 14.7 Å². The molecule has 0 aliphatic heterocycles. The summed E-state index contributed by atoms with van der Waals surface area (Å²) in [6.45, 7) is 2.17. The number of carboxylic acids is 1. The molecule has 7 heteroatoms. The van der Waals surface area contributed by atoms with E-state index in [0.717, 1.165) is 12.0 Å². The molecule has 2 aromatic carbocycles. The van der Waals surface area contributed by atoms with Crippen LogP contribution in [0.15, 0.2) is 52.9 Å². The first kappa shape index (κ1) is 20.4. The van der Waals surface area contributed by atoms with Crippen molar-refractivity contribution in [1.29, 1.82) is 0 Å². The molecule has 0 saturated carbocycles. The van der Waals surface area contributed by atoms with Crippen LogP contribution in [-0.4, -0.2) is 36.7 Å². The van der Waals surface area contributed by atoms with Gasteiger partial charge in [-0.15, -0.1) is 0 Å². The molecule has 1 aromatic heterocycles. The molecule has 0 aliphatic rings. The first-order valence-corrected chi connectivity index (χ1v) is 9.27. The van der Waals surface area contributed by atoms with Crippen LogP contribution in [0.2, 0.25) is 0 Å². The third kappa shape index (κ3) is 5.14. The molecular formula is C22H23NO6. The van der Waals surface area contributed by atoms with E-state index in [-0.39, 0.29) is 19.0 Å². The zero-order valence-electron chi connectivity index (χ0n) is 16.3. The van der Waals surface area contributed by atoms with Crippen molar-refractivity contribution in [2.24, 2.45) is 0 Å². The van der Waals surface area contributed by atoms with Gasteiger partial charge in [-0.1, -0.05) is 31.2 Å². The number of nitrogens with one attached hydrogen (secondary N) is 1. The molecule has 3 rings (SSSR count). The van der Waals surface area contributed by atoms with Crippen LogP contribution in [0.1, 0.15) is 28.6 Å². The molecular weight excluding hydrogens is 374 g/mol. The zero-order chi connectivity index (χ0) is 20.8. The summed E-state index contributed by atoms with van der Waals surface area (Å²) in [7, 11) is 1.55. The van der Waals surface area contributed by atoms with E-state index in [0.29, 0.717) is 16.7 Å². The molecule has 1 unspecified atom stereocenters. The number of furan rings is 1. The van der Waals surface area contributed by atoms with Gasteiger partial charge in [0.2, 0.25) is 0 Å². The van der Waals surface area contributed by atoms with Crippen molar-refractivity contribution in [1.82, 2.24) is 5.32 Å². The summed E-state index contributed by atoms with van der Waals surface area (Å²) in [5, 5.41) is 12.5. The molecule has 2 N–H and O–H groups in total. The fraction of sp³-hybridized carbons (Fsp3) is 0.273. The third-order valence-electron chi connectivity index (χ3n) is 4.54. The Morgan fingerprint density at radius 3 is 2.48 bits per heavy atom. The van der Waals surface area contributed by atoms with Crippen LogP contribution in [0.25, 0.3) is 11.0 Å². The first-order chi connectivity index (χ1) is 14.0. The number of hydrogen-bond acceptors (Lipinski definition) is 5. The summed E-state index contributed by atoms with van der Waals surface area (Å²) in [6, 6.07) is 13.4. The minimum absolute atomic E-state index is 0.0228. The second-order valence-electron chi connectivity index (χ2n) is 6.56. The van der Waals surface area contributed by atoms with E-state index in [2.05, 4.69) is 12.2 Å². The number of carbonyl (C=O) groups is 2. The van der Waals surface area contributed by atoms with Gasteiger partial charge in [0, 0.05) is 5.39 Å². The molecule has 1 heterocycles. The van der Waals surface area contributed by atoms with Gasteiger partial charge in [-0.05, 0) is 41.8 Å².